The number of hydrogen-bond donors (Lipinski definition) is 0. The smallest absolute Gasteiger partial charge is 0.162 e. The Morgan fingerprint density at radius 2 is 1.96 bits per heavy atom. The predicted molar refractivity (Wildman–Crippen MR) is 115 cm³/mol. The van der Waals surface area contributed by atoms with Gasteiger partial charge in [-0.15, -0.1) is 0 Å². The van der Waals surface area contributed by atoms with Crippen molar-refractivity contribution < 1.29 is 0 Å². The second-order valence-corrected chi connectivity index (χ2v) is 8.07. The van der Waals surface area contributed by atoms with E-state index in [0.29, 0.717) is 5.92 Å². The molecule has 5 nitrogen and oxygen atoms in total. The molecule has 0 saturated carbocycles. The number of hydrogen-bond acceptors (Lipinski definition) is 5. The molecule has 0 atom stereocenters. The molecule has 1 aliphatic heterocycles. The van der Waals surface area contributed by atoms with Crippen molar-refractivity contribution in [1.29, 1.82) is 0 Å². The summed E-state index contributed by atoms with van der Waals surface area (Å²) in [4.78, 5) is 12.2. The normalized spacial score (nSPS) is 15.4. The van der Waals surface area contributed by atoms with E-state index in [2.05, 4.69) is 58.1 Å². The van der Waals surface area contributed by atoms with Gasteiger partial charge in [-0.1, -0.05) is 12.1 Å². The molecule has 0 radical (unpaired) electrons. The molecule has 0 spiro atoms. The van der Waals surface area contributed by atoms with Crippen molar-refractivity contribution >= 4 is 28.1 Å². The van der Waals surface area contributed by atoms with Gasteiger partial charge in [-0.2, -0.15) is 16.4 Å². The molecule has 0 unspecified atom stereocenters. The molecule has 5 rings (SSSR count). The molecule has 1 aromatic carbocycles. The Kier molecular flexibility index (Phi) is 4.56. The highest BCUT2D eigenvalue weighted by atomic mass is 32.1. The van der Waals surface area contributed by atoms with Crippen LogP contribution in [0, 0.1) is 0 Å². The van der Waals surface area contributed by atoms with Gasteiger partial charge in [-0.25, -0.2) is 9.97 Å². The zero-order valence-electron chi connectivity index (χ0n) is 16.0. The number of anilines is 1. The minimum atomic E-state index is 0.584. The number of aromatic nitrogens is 4. The summed E-state index contributed by atoms with van der Waals surface area (Å²) in [7, 11) is 0. The summed E-state index contributed by atoms with van der Waals surface area (Å²) in [6.07, 6.45) is 6.50. The Balaban J connectivity index is 1.44. The SMILES string of the molecule is CCn1cc(C2CCN(c3nc(-c4ccsc4)nc4ccccc34)CC2)cn1. The highest BCUT2D eigenvalue weighted by molar-refractivity contribution is 7.08. The third-order valence-corrected chi connectivity index (χ3v) is 6.29. The van der Waals surface area contributed by atoms with Crippen LogP contribution in [0.3, 0.4) is 0 Å². The Hall–Kier alpha value is -2.73. The number of rotatable bonds is 4. The van der Waals surface area contributed by atoms with Crippen molar-refractivity contribution in [2.45, 2.75) is 32.2 Å². The monoisotopic (exact) mass is 389 g/mol. The van der Waals surface area contributed by atoms with E-state index in [0.717, 1.165) is 60.6 Å². The zero-order valence-corrected chi connectivity index (χ0v) is 16.8. The number of aryl methyl sites for hydroxylation is 1. The van der Waals surface area contributed by atoms with Gasteiger partial charge in [0.05, 0.1) is 11.7 Å². The molecule has 0 aliphatic carbocycles. The first kappa shape index (κ1) is 17.4. The van der Waals surface area contributed by atoms with Crippen LogP contribution in [-0.4, -0.2) is 32.8 Å². The van der Waals surface area contributed by atoms with E-state index in [1.54, 1.807) is 11.3 Å². The van der Waals surface area contributed by atoms with Crippen molar-refractivity contribution in [2.24, 2.45) is 0 Å². The zero-order chi connectivity index (χ0) is 18.9. The lowest BCUT2D eigenvalue weighted by atomic mass is 9.91. The Labute approximate surface area is 168 Å². The lowest BCUT2D eigenvalue weighted by Gasteiger charge is -2.33. The third-order valence-electron chi connectivity index (χ3n) is 5.61. The van der Waals surface area contributed by atoms with Gasteiger partial charge in [0, 0.05) is 42.2 Å². The van der Waals surface area contributed by atoms with Crippen LogP contribution in [0.4, 0.5) is 5.82 Å². The Morgan fingerprint density at radius 3 is 2.71 bits per heavy atom. The topological polar surface area (TPSA) is 46.8 Å². The van der Waals surface area contributed by atoms with Crippen LogP contribution < -0.4 is 4.90 Å². The van der Waals surface area contributed by atoms with Crippen LogP contribution in [0.5, 0.6) is 0 Å². The predicted octanol–water partition coefficient (Wildman–Crippen LogP) is 4.96. The van der Waals surface area contributed by atoms with Crippen LogP contribution in [0.15, 0.2) is 53.5 Å². The molecule has 3 aromatic heterocycles. The van der Waals surface area contributed by atoms with Gasteiger partial charge in [0.15, 0.2) is 5.82 Å². The van der Waals surface area contributed by atoms with Crippen LogP contribution in [-0.2, 0) is 6.54 Å². The van der Waals surface area contributed by atoms with E-state index in [1.165, 1.54) is 5.56 Å². The fourth-order valence-corrected chi connectivity index (χ4v) is 4.64. The number of piperidine rings is 1. The molecule has 28 heavy (non-hydrogen) atoms. The fourth-order valence-electron chi connectivity index (χ4n) is 4.01. The summed E-state index contributed by atoms with van der Waals surface area (Å²) >= 11 is 1.68. The molecule has 1 saturated heterocycles. The number of benzene rings is 1. The van der Waals surface area contributed by atoms with Crippen LogP contribution in [0.2, 0.25) is 0 Å². The summed E-state index contributed by atoms with van der Waals surface area (Å²) in [5.74, 6) is 2.47. The summed E-state index contributed by atoms with van der Waals surface area (Å²) in [5, 5.41) is 9.78. The molecular formula is C22H23N5S. The second-order valence-electron chi connectivity index (χ2n) is 7.29. The first-order chi connectivity index (χ1) is 13.8. The Morgan fingerprint density at radius 1 is 1.11 bits per heavy atom. The van der Waals surface area contributed by atoms with E-state index in [4.69, 9.17) is 9.97 Å². The largest absolute Gasteiger partial charge is 0.356 e. The first-order valence-corrected chi connectivity index (χ1v) is 10.8. The van der Waals surface area contributed by atoms with E-state index < -0.39 is 0 Å². The van der Waals surface area contributed by atoms with Gasteiger partial charge in [-0.05, 0) is 54.8 Å². The maximum atomic E-state index is 4.99. The van der Waals surface area contributed by atoms with Gasteiger partial charge in [0.1, 0.15) is 5.82 Å². The van der Waals surface area contributed by atoms with Crippen molar-refractivity contribution in [3.05, 3.63) is 59.0 Å². The molecule has 0 bridgehead atoms. The molecule has 4 heterocycles. The number of para-hydroxylation sites is 1. The highest BCUT2D eigenvalue weighted by Gasteiger charge is 2.24. The minimum absolute atomic E-state index is 0.584. The maximum absolute atomic E-state index is 4.99. The van der Waals surface area contributed by atoms with Crippen molar-refractivity contribution in [1.82, 2.24) is 19.7 Å². The van der Waals surface area contributed by atoms with Gasteiger partial charge in [0.25, 0.3) is 0 Å². The van der Waals surface area contributed by atoms with Gasteiger partial charge in [0.2, 0.25) is 0 Å². The average molecular weight is 390 g/mol. The number of fused-ring (bicyclic) bond motifs is 1. The van der Waals surface area contributed by atoms with Gasteiger partial charge in [-0.3, -0.25) is 4.68 Å². The highest BCUT2D eigenvalue weighted by Crippen LogP contribution is 2.33. The van der Waals surface area contributed by atoms with Crippen LogP contribution in [0.1, 0.15) is 31.2 Å². The van der Waals surface area contributed by atoms with E-state index in [9.17, 15) is 0 Å². The molecule has 4 aromatic rings. The average Bonchev–Trinajstić information content (AvgIpc) is 3.45. The van der Waals surface area contributed by atoms with Crippen molar-refractivity contribution in [3.63, 3.8) is 0 Å². The van der Waals surface area contributed by atoms with Gasteiger partial charge >= 0.3 is 0 Å². The number of nitrogens with zero attached hydrogens (tertiary/aromatic N) is 5. The minimum Gasteiger partial charge on any atom is -0.356 e. The molecule has 0 amide bonds. The number of thiophene rings is 1. The third kappa shape index (κ3) is 3.18. The summed E-state index contributed by atoms with van der Waals surface area (Å²) < 4.78 is 2.02. The van der Waals surface area contributed by atoms with Crippen LogP contribution in [0.25, 0.3) is 22.3 Å². The van der Waals surface area contributed by atoms with E-state index in [-0.39, 0.29) is 0 Å². The van der Waals surface area contributed by atoms with Crippen molar-refractivity contribution in [3.8, 4) is 11.4 Å². The van der Waals surface area contributed by atoms with Gasteiger partial charge < -0.3 is 4.90 Å². The molecule has 1 aliphatic rings. The standard InChI is InChI=1S/C22H23N5S/c1-2-27-14-18(13-23-27)16-7-10-26(11-8-16)22-19-5-3-4-6-20(19)24-21(25-22)17-9-12-28-15-17/h3-6,9,12-16H,2,7-8,10-11H2,1H3. The fraction of sp³-hybridized carbons (Fsp3) is 0.318. The van der Waals surface area contributed by atoms with E-state index in [1.807, 2.05) is 16.9 Å². The lowest BCUT2D eigenvalue weighted by molar-refractivity contribution is 0.503. The summed E-state index contributed by atoms with van der Waals surface area (Å²) in [5.41, 5.74) is 3.48. The molecule has 0 N–H and O–H groups in total. The maximum Gasteiger partial charge on any atom is 0.162 e. The second kappa shape index (κ2) is 7.36. The summed E-state index contributed by atoms with van der Waals surface area (Å²) in [6, 6.07) is 10.4. The van der Waals surface area contributed by atoms with Crippen molar-refractivity contribution in [2.75, 3.05) is 18.0 Å². The molecular weight excluding hydrogens is 366 g/mol. The quantitative estimate of drug-likeness (QED) is 0.495. The molecule has 1 fully saturated rings. The van der Waals surface area contributed by atoms with Crippen LogP contribution >= 0.6 is 11.3 Å². The first-order valence-electron chi connectivity index (χ1n) is 9.88. The lowest BCUT2D eigenvalue weighted by Crippen LogP contribution is -2.33. The summed E-state index contributed by atoms with van der Waals surface area (Å²) in [6.45, 7) is 5.07. The Bertz CT molecular complexity index is 1080. The molecule has 142 valence electrons. The molecule has 6 heteroatoms. The van der Waals surface area contributed by atoms with E-state index >= 15 is 0 Å².